The standard InChI is InChI=1S/C21H16ClFN4O3/c1-27(21(29)25-12-3-5-16(23)15(22)7-12)18-10-30-9-17-19(18)13-4-2-11(8-24)6-14(13)20(28)26-17/h2-7,18H,9-10H2,1H3,(H,25,29)(H,26,28)/t18-/m1/s1. The quantitative estimate of drug-likeness (QED) is 0.648. The van der Waals surface area contributed by atoms with Crippen LogP contribution in [0.3, 0.4) is 0 Å². The van der Waals surface area contributed by atoms with Crippen LogP contribution in [0.25, 0.3) is 10.8 Å². The molecule has 0 radical (unpaired) electrons. The number of ether oxygens (including phenoxy) is 1. The third kappa shape index (κ3) is 3.49. The number of halogens is 2. The van der Waals surface area contributed by atoms with Crippen molar-refractivity contribution in [3.8, 4) is 6.07 Å². The van der Waals surface area contributed by atoms with E-state index in [1.54, 1.807) is 19.2 Å². The zero-order valence-electron chi connectivity index (χ0n) is 15.8. The summed E-state index contributed by atoms with van der Waals surface area (Å²) in [4.78, 5) is 29.6. The van der Waals surface area contributed by atoms with Crippen LogP contribution in [0.5, 0.6) is 0 Å². The number of likely N-dealkylation sites (N-methyl/N-ethyl adjacent to an activating group) is 1. The molecule has 1 atom stereocenters. The monoisotopic (exact) mass is 426 g/mol. The summed E-state index contributed by atoms with van der Waals surface area (Å²) < 4.78 is 19.0. The topological polar surface area (TPSA) is 98.2 Å². The lowest BCUT2D eigenvalue weighted by Gasteiger charge is -2.33. The van der Waals surface area contributed by atoms with Crippen LogP contribution in [0.1, 0.15) is 22.9 Å². The molecule has 0 fully saturated rings. The number of nitrogens with one attached hydrogen (secondary N) is 2. The normalized spacial score (nSPS) is 15.3. The number of pyridine rings is 1. The summed E-state index contributed by atoms with van der Waals surface area (Å²) in [5, 5.41) is 12.8. The maximum atomic E-state index is 13.4. The van der Waals surface area contributed by atoms with Crippen molar-refractivity contribution in [1.82, 2.24) is 9.88 Å². The zero-order chi connectivity index (χ0) is 21.4. The molecule has 30 heavy (non-hydrogen) atoms. The van der Waals surface area contributed by atoms with Crippen LogP contribution in [0, 0.1) is 17.1 Å². The maximum Gasteiger partial charge on any atom is 0.322 e. The Labute approximate surface area is 175 Å². The number of urea groups is 1. The molecule has 2 N–H and O–H groups in total. The lowest BCUT2D eigenvalue weighted by molar-refractivity contribution is 0.0527. The van der Waals surface area contributed by atoms with E-state index >= 15 is 0 Å². The van der Waals surface area contributed by atoms with Gasteiger partial charge in [-0.05, 0) is 35.7 Å². The first kappa shape index (κ1) is 19.9. The largest absolute Gasteiger partial charge is 0.373 e. The second-order valence-corrected chi connectivity index (χ2v) is 7.33. The van der Waals surface area contributed by atoms with Gasteiger partial charge in [0.25, 0.3) is 5.56 Å². The molecule has 0 saturated heterocycles. The van der Waals surface area contributed by atoms with Crippen molar-refractivity contribution in [3.05, 3.63) is 74.4 Å². The Hall–Kier alpha value is -3.41. The van der Waals surface area contributed by atoms with E-state index in [4.69, 9.17) is 21.6 Å². The molecule has 2 amide bonds. The van der Waals surface area contributed by atoms with E-state index in [0.29, 0.717) is 27.7 Å². The molecule has 7 nitrogen and oxygen atoms in total. The molecule has 9 heteroatoms. The average Bonchev–Trinajstić information content (AvgIpc) is 2.75. The Morgan fingerprint density at radius 2 is 2.13 bits per heavy atom. The Bertz CT molecular complexity index is 1270. The van der Waals surface area contributed by atoms with Gasteiger partial charge in [0.15, 0.2) is 0 Å². The lowest BCUT2D eigenvalue weighted by atomic mass is 9.95. The van der Waals surface area contributed by atoms with Crippen LogP contribution in [0.4, 0.5) is 14.9 Å². The molecule has 0 unspecified atom stereocenters. The van der Waals surface area contributed by atoms with Crippen molar-refractivity contribution < 1.29 is 13.9 Å². The van der Waals surface area contributed by atoms with Gasteiger partial charge >= 0.3 is 6.03 Å². The molecule has 3 aromatic rings. The molecule has 1 aliphatic heterocycles. The minimum absolute atomic E-state index is 0.0985. The van der Waals surface area contributed by atoms with E-state index in [0.717, 1.165) is 5.56 Å². The van der Waals surface area contributed by atoms with E-state index in [-0.39, 0.29) is 23.8 Å². The number of benzene rings is 2. The van der Waals surface area contributed by atoms with E-state index in [1.165, 1.54) is 29.2 Å². The summed E-state index contributed by atoms with van der Waals surface area (Å²) in [5.41, 5.74) is 1.74. The Balaban J connectivity index is 1.72. The van der Waals surface area contributed by atoms with Gasteiger partial charge in [-0.2, -0.15) is 5.26 Å². The number of carbonyl (C=O) groups is 1. The van der Waals surface area contributed by atoms with E-state index in [9.17, 15) is 14.0 Å². The van der Waals surface area contributed by atoms with Gasteiger partial charge < -0.3 is 19.9 Å². The molecular formula is C21H16ClFN4O3. The third-order valence-electron chi connectivity index (χ3n) is 5.09. The fourth-order valence-electron chi connectivity index (χ4n) is 3.55. The van der Waals surface area contributed by atoms with Gasteiger partial charge in [-0.15, -0.1) is 0 Å². The minimum atomic E-state index is -0.579. The average molecular weight is 427 g/mol. The van der Waals surface area contributed by atoms with Crippen molar-refractivity contribution in [2.75, 3.05) is 19.0 Å². The van der Waals surface area contributed by atoms with Crippen LogP contribution in [-0.4, -0.2) is 29.6 Å². The molecule has 0 spiro atoms. The zero-order valence-corrected chi connectivity index (χ0v) is 16.6. The number of hydrogen-bond acceptors (Lipinski definition) is 4. The highest BCUT2D eigenvalue weighted by atomic mass is 35.5. The second kappa shape index (κ2) is 7.78. The highest BCUT2D eigenvalue weighted by Gasteiger charge is 2.30. The number of carbonyl (C=O) groups excluding carboxylic acids is 1. The summed E-state index contributed by atoms with van der Waals surface area (Å²) in [6.45, 7) is 0.433. The molecule has 4 rings (SSSR count). The summed E-state index contributed by atoms with van der Waals surface area (Å²) in [6.07, 6.45) is 0. The Morgan fingerprint density at radius 3 is 2.87 bits per heavy atom. The fraction of sp³-hybridized carbons (Fsp3) is 0.190. The lowest BCUT2D eigenvalue weighted by Crippen LogP contribution is -2.39. The van der Waals surface area contributed by atoms with Gasteiger partial charge in [0.05, 0.1) is 35.9 Å². The molecule has 152 valence electrons. The van der Waals surface area contributed by atoms with Crippen LogP contribution in [0.2, 0.25) is 5.02 Å². The van der Waals surface area contributed by atoms with E-state index in [2.05, 4.69) is 10.3 Å². The highest BCUT2D eigenvalue weighted by molar-refractivity contribution is 6.31. The summed E-state index contributed by atoms with van der Waals surface area (Å²) in [5.74, 6) is -0.579. The van der Waals surface area contributed by atoms with Gasteiger partial charge in [-0.3, -0.25) is 4.79 Å². The van der Waals surface area contributed by atoms with Crippen molar-refractivity contribution in [2.45, 2.75) is 12.6 Å². The van der Waals surface area contributed by atoms with E-state index in [1.807, 2.05) is 6.07 Å². The first-order chi connectivity index (χ1) is 14.4. The number of amides is 2. The number of aromatic nitrogens is 1. The molecule has 0 saturated carbocycles. The molecule has 2 aromatic carbocycles. The molecular weight excluding hydrogens is 411 g/mol. The number of aromatic amines is 1. The summed E-state index contributed by atoms with van der Waals surface area (Å²) >= 11 is 5.78. The summed E-state index contributed by atoms with van der Waals surface area (Å²) in [6, 6.07) is 9.87. The van der Waals surface area contributed by atoms with Gasteiger partial charge in [-0.1, -0.05) is 17.7 Å². The maximum absolute atomic E-state index is 13.4. The fourth-order valence-corrected chi connectivity index (χ4v) is 3.73. The SMILES string of the molecule is CN(C(=O)Nc1ccc(F)c(Cl)c1)[C@@H]1COCc2[nH]c(=O)c3cc(C#N)ccc3c21. The van der Waals surface area contributed by atoms with Crippen LogP contribution < -0.4 is 10.9 Å². The van der Waals surface area contributed by atoms with Gasteiger partial charge in [0, 0.05) is 29.4 Å². The predicted molar refractivity (Wildman–Crippen MR) is 110 cm³/mol. The van der Waals surface area contributed by atoms with Crippen LogP contribution >= 0.6 is 11.6 Å². The van der Waals surface area contributed by atoms with Gasteiger partial charge in [-0.25, -0.2) is 9.18 Å². The molecule has 1 aromatic heterocycles. The smallest absolute Gasteiger partial charge is 0.322 e. The summed E-state index contributed by atoms with van der Waals surface area (Å²) in [7, 11) is 1.60. The number of nitriles is 1. The Morgan fingerprint density at radius 1 is 1.33 bits per heavy atom. The molecule has 0 bridgehead atoms. The second-order valence-electron chi connectivity index (χ2n) is 6.92. The van der Waals surface area contributed by atoms with Gasteiger partial charge in [0.1, 0.15) is 5.82 Å². The van der Waals surface area contributed by atoms with Crippen molar-refractivity contribution in [1.29, 1.82) is 5.26 Å². The number of rotatable bonds is 2. The first-order valence-electron chi connectivity index (χ1n) is 9.04. The number of anilines is 1. The van der Waals surface area contributed by atoms with Gasteiger partial charge in [0.2, 0.25) is 0 Å². The third-order valence-corrected chi connectivity index (χ3v) is 5.38. The number of H-pyrrole nitrogens is 1. The van der Waals surface area contributed by atoms with Crippen LogP contribution in [0.15, 0.2) is 41.2 Å². The Kier molecular flexibility index (Phi) is 5.16. The number of fused-ring (bicyclic) bond motifs is 3. The molecule has 0 aliphatic carbocycles. The van der Waals surface area contributed by atoms with Crippen molar-refractivity contribution in [3.63, 3.8) is 0 Å². The molecule has 2 heterocycles. The molecule has 1 aliphatic rings. The van der Waals surface area contributed by atoms with Crippen LogP contribution in [-0.2, 0) is 11.3 Å². The van der Waals surface area contributed by atoms with Crippen molar-refractivity contribution >= 4 is 34.1 Å². The first-order valence-corrected chi connectivity index (χ1v) is 9.42. The minimum Gasteiger partial charge on any atom is -0.373 e. The highest BCUT2D eigenvalue weighted by Crippen LogP contribution is 2.33. The number of hydrogen-bond donors (Lipinski definition) is 2. The van der Waals surface area contributed by atoms with E-state index < -0.39 is 17.9 Å². The predicted octanol–water partition coefficient (Wildman–Crippen LogP) is 3.93. The number of nitrogens with zero attached hydrogens (tertiary/aromatic N) is 2. The van der Waals surface area contributed by atoms with Crippen molar-refractivity contribution in [2.24, 2.45) is 0 Å².